The Labute approximate surface area is 108 Å². The van der Waals surface area contributed by atoms with Crippen LogP contribution in [0.4, 0.5) is 5.82 Å². The highest BCUT2D eigenvalue weighted by atomic mass is 35.5. The molecule has 1 N–H and O–H groups in total. The lowest BCUT2D eigenvalue weighted by atomic mass is 10.1. The molecule has 96 valence electrons. The highest BCUT2D eigenvalue weighted by molar-refractivity contribution is 6.30. The van der Waals surface area contributed by atoms with Gasteiger partial charge in [-0.05, 0) is 19.3 Å². The van der Waals surface area contributed by atoms with E-state index in [1.165, 1.54) is 6.33 Å². The van der Waals surface area contributed by atoms with Gasteiger partial charge in [0.1, 0.15) is 17.3 Å². The summed E-state index contributed by atoms with van der Waals surface area (Å²) in [7, 11) is 0. The summed E-state index contributed by atoms with van der Waals surface area (Å²) in [6, 6.07) is 0. The van der Waals surface area contributed by atoms with Crippen molar-refractivity contribution in [1.82, 2.24) is 9.97 Å². The molecule has 0 radical (unpaired) electrons. The SMILES string of the molecule is CCOCCCNc1ncnc(Cl)c1C(C)C. The molecule has 0 aromatic carbocycles. The van der Waals surface area contributed by atoms with Gasteiger partial charge in [-0.1, -0.05) is 25.4 Å². The third-order valence-electron chi connectivity index (χ3n) is 2.37. The van der Waals surface area contributed by atoms with Crippen LogP contribution in [0.15, 0.2) is 6.33 Å². The van der Waals surface area contributed by atoms with Gasteiger partial charge < -0.3 is 10.1 Å². The number of hydrogen-bond acceptors (Lipinski definition) is 4. The first-order valence-corrected chi connectivity index (χ1v) is 6.36. The second-order valence-electron chi connectivity index (χ2n) is 4.06. The van der Waals surface area contributed by atoms with Crippen LogP contribution in [0.1, 0.15) is 38.7 Å². The summed E-state index contributed by atoms with van der Waals surface area (Å²) in [5, 5.41) is 3.81. The summed E-state index contributed by atoms with van der Waals surface area (Å²) >= 11 is 6.07. The minimum absolute atomic E-state index is 0.304. The van der Waals surface area contributed by atoms with Gasteiger partial charge in [0.05, 0.1) is 0 Å². The van der Waals surface area contributed by atoms with Crippen LogP contribution in [-0.2, 0) is 4.74 Å². The van der Waals surface area contributed by atoms with Crippen LogP contribution in [-0.4, -0.2) is 29.7 Å². The zero-order valence-electron chi connectivity index (χ0n) is 10.7. The molecule has 5 heteroatoms. The van der Waals surface area contributed by atoms with E-state index in [-0.39, 0.29) is 0 Å². The Balaban J connectivity index is 2.55. The van der Waals surface area contributed by atoms with Crippen molar-refractivity contribution in [3.8, 4) is 0 Å². The minimum Gasteiger partial charge on any atom is -0.382 e. The summed E-state index contributed by atoms with van der Waals surface area (Å²) in [4.78, 5) is 8.24. The van der Waals surface area contributed by atoms with Gasteiger partial charge >= 0.3 is 0 Å². The number of anilines is 1. The quantitative estimate of drug-likeness (QED) is 0.602. The van der Waals surface area contributed by atoms with Crippen LogP contribution in [0.25, 0.3) is 0 Å². The summed E-state index contributed by atoms with van der Waals surface area (Å²) < 4.78 is 5.27. The molecule has 1 rings (SSSR count). The summed E-state index contributed by atoms with van der Waals surface area (Å²) in [5.74, 6) is 1.13. The monoisotopic (exact) mass is 257 g/mol. The maximum absolute atomic E-state index is 6.07. The summed E-state index contributed by atoms with van der Waals surface area (Å²) in [6.07, 6.45) is 2.44. The molecule has 0 unspecified atom stereocenters. The van der Waals surface area contributed by atoms with Gasteiger partial charge in [0.2, 0.25) is 0 Å². The van der Waals surface area contributed by atoms with Crippen LogP contribution in [0.2, 0.25) is 5.15 Å². The molecule has 0 spiro atoms. The lowest BCUT2D eigenvalue weighted by Crippen LogP contribution is -2.10. The lowest BCUT2D eigenvalue weighted by Gasteiger charge is -2.14. The van der Waals surface area contributed by atoms with Crippen molar-refractivity contribution < 1.29 is 4.74 Å². The van der Waals surface area contributed by atoms with Crippen molar-refractivity contribution in [2.45, 2.75) is 33.1 Å². The zero-order valence-corrected chi connectivity index (χ0v) is 11.4. The van der Waals surface area contributed by atoms with E-state index in [1.54, 1.807) is 0 Å². The second kappa shape index (κ2) is 7.45. The first-order chi connectivity index (χ1) is 8.16. The fraction of sp³-hybridized carbons (Fsp3) is 0.667. The van der Waals surface area contributed by atoms with Crippen LogP contribution < -0.4 is 5.32 Å². The first kappa shape index (κ1) is 14.2. The Morgan fingerprint density at radius 1 is 1.41 bits per heavy atom. The van der Waals surface area contributed by atoms with E-state index in [4.69, 9.17) is 16.3 Å². The largest absolute Gasteiger partial charge is 0.382 e. The Kier molecular flexibility index (Phi) is 6.22. The second-order valence-corrected chi connectivity index (χ2v) is 4.42. The topological polar surface area (TPSA) is 47.0 Å². The maximum atomic E-state index is 6.07. The molecule has 1 heterocycles. The molecular weight excluding hydrogens is 238 g/mol. The van der Waals surface area contributed by atoms with E-state index >= 15 is 0 Å². The molecule has 1 aromatic heterocycles. The number of hydrogen-bond donors (Lipinski definition) is 1. The molecule has 0 bridgehead atoms. The van der Waals surface area contributed by atoms with Gasteiger partial charge in [-0.2, -0.15) is 0 Å². The van der Waals surface area contributed by atoms with Gasteiger partial charge in [-0.3, -0.25) is 0 Å². The number of halogens is 1. The van der Waals surface area contributed by atoms with Crippen molar-refractivity contribution in [3.05, 3.63) is 17.0 Å². The predicted octanol–water partition coefficient (Wildman–Crippen LogP) is 3.09. The molecule has 0 aliphatic carbocycles. The maximum Gasteiger partial charge on any atom is 0.138 e. The van der Waals surface area contributed by atoms with Crippen molar-refractivity contribution in [1.29, 1.82) is 0 Å². The molecular formula is C12H20ClN3O. The van der Waals surface area contributed by atoms with Crippen molar-refractivity contribution >= 4 is 17.4 Å². The molecule has 0 aliphatic heterocycles. The number of rotatable bonds is 7. The lowest BCUT2D eigenvalue weighted by molar-refractivity contribution is 0.147. The molecule has 0 fully saturated rings. The van der Waals surface area contributed by atoms with E-state index in [9.17, 15) is 0 Å². The molecule has 0 atom stereocenters. The number of aromatic nitrogens is 2. The smallest absolute Gasteiger partial charge is 0.138 e. The highest BCUT2D eigenvalue weighted by Crippen LogP contribution is 2.27. The third-order valence-corrected chi connectivity index (χ3v) is 2.68. The van der Waals surface area contributed by atoms with E-state index in [2.05, 4.69) is 29.1 Å². The normalized spacial score (nSPS) is 10.9. The molecule has 0 aliphatic rings. The Bertz CT molecular complexity index is 345. The third kappa shape index (κ3) is 4.48. The van der Waals surface area contributed by atoms with Gasteiger partial charge in [0, 0.05) is 25.3 Å². The Hall–Kier alpha value is -0.870. The van der Waals surface area contributed by atoms with Gasteiger partial charge in [-0.25, -0.2) is 9.97 Å². The molecule has 0 saturated heterocycles. The van der Waals surface area contributed by atoms with E-state index in [1.807, 2.05) is 6.92 Å². The van der Waals surface area contributed by atoms with E-state index < -0.39 is 0 Å². The summed E-state index contributed by atoms with van der Waals surface area (Å²) in [5.41, 5.74) is 0.977. The van der Waals surface area contributed by atoms with Crippen molar-refractivity contribution in [3.63, 3.8) is 0 Å². The average molecular weight is 258 g/mol. The number of ether oxygens (including phenoxy) is 1. The first-order valence-electron chi connectivity index (χ1n) is 5.98. The fourth-order valence-corrected chi connectivity index (χ4v) is 1.90. The van der Waals surface area contributed by atoms with E-state index in [0.717, 1.165) is 37.6 Å². The molecule has 4 nitrogen and oxygen atoms in total. The van der Waals surface area contributed by atoms with Gasteiger partial charge in [0.15, 0.2) is 0 Å². The molecule has 1 aromatic rings. The van der Waals surface area contributed by atoms with Crippen molar-refractivity contribution in [2.24, 2.45) is 0 Å². The molecule has 0 saturated carbocycles. The van der Waals surface area contributed by atoms with Crippen LogP contribution in [0.3, 0.4) is 0 Å². The van der Waals surface area contributed by atoms with Crippen LogP contribution in [0.5, 0.6) is 0 Å². The van der Waals surface area contributed by atoms with Crippen LogP contribution >= 0.6 is 11.6 Å². The van der Waals surface area contributed by atoms with Gasteiger partial charge in [-0.15, -0.1) is 0 Å². The standard InChI is InChI=1S/C12H20ClN3O/c1-4-17-7-5-6-14-12-10(9(2)3)11(13)15-8-16-12/h8-9H,4-7H2,1-3H3,(H,14,15,16). The Morgan fingerprint density at radius 3 is 2.82 bits per heavy atom. The van der Waals surface area contributed by atoms with Gasteiger partial charge in [0.25, 0.3) is 0 Å². The molecule has 0 amide bonds. The average Bonchev–Trinajstić information content (AvgIpc) is 2.28. The minimum atomic E-state index is 0.304. The number of nitrogens with zero attached hydrogens (tertiary/aromatic N) is 2. The predicted molar refractivity (Wildman–Crippen MR) is 70.7 cm³/mol. The molecule has 17 heavy (non-hydrogen) atoms. The van der Waals surface area contributed by atoms with E-state index in [0.29, 0.717) is 11.1 Å². The number of nitrogens with one attached hydrogen (secondary N) is 1. The Morgan fingerprint density at radius 2 is 2.18 bits per heavy atom. The highest BCUT2D eigenvalue weighted by Gasteiger charge is 2.12. The van der Waals surface area contributed by atoms with Crippen LogP contribution in [0, 0.1) is 0 Å². The van der Waals surface area contributed by atoms with Crippen molar-refractivity contribution in [2.75, 3.05) is 25.1 Å². The zero-order chi connectivity index (χ0) is 12.7. The summed E-state index contributed by atoms with van der Waals surface area (Å²) in [6.45, 7) is 8.50. The fourth-order valence-electron chi connectivity index (χ4n) is 1.55.